The third-order valence-corrected chi connectivity index (χ3v) is 3.66. The predicted molar refractivity (Wildman–Crippen MR) is 72.6 cm³/mol. The molecule has 0 amide bonds. The van der Waals surface area contributed by atoms with Gasteiger partial charge in [0.05, 0.1) is 11.9 Å². The molecule has 0 radical (unpaired) electrons. The zero-order valence-electron chi connectivity index (χ0n) is 10.9. The van der Waals surface area contributed by atoms with Crippen molar-refractivity contribution in [3.05, 3.63) is 53.7 Å². The van der Waals surface area contributed by atoms with Crippen molar-refractivity contribution in [3.8, 4) is 0 Å². The lowest BCUT2D eigenvalue weighted by atomic mass is 9.95. The Hall–Kier alpha value is -1.97. The van der Waals surface area contributed by atoms with Gasteiger partial charge < -0.3 is 5.32 Å². The number of benzene rings is 1. The zero-order valence-corrected chi connectivity index (χ0v) is 10.9. The topological polar surface area (TPSA) is 37.8 Å². The van der Waals surface area contributed by atoms with Crippen LogP contribution in [0.25, 0.3) is 0 Å². The van der Waals surface area contributed by atoms with Crippen molar-refractivity contribution in [2.45, 2.75) is 25.2 Å². The standard InChI is InChI=1S/C15H16FN3/c1-11-8-17-9-14(19-11)18-10-15(6-7-15)12-4-2-3-5-13(12)16/h2-5,8-9H,6-7,10H2,1H3,(H,18,19). The maximum absolute atomic E-state index is 13.9. The smallest absolute Gasteiger partial charge is 0.144 e. The second-order valence-corrected chi connectivity index (χ2v) is 5.16. The van der Waals surface area contributed by atoms with Crippen LogP contribution in [0.1, 0.15) is 24.1 Å². The summed E-state index contributed by atoms with van der Waals surface area (Å²) < 4.78 is 13.9. The Bertz CT molecular complexity index is 593. The first kappa shape index (κ1) is 12.1. The molecule has 0 unspecified atom stereocenters. The number of nitrogens with zero attached hydrogens (tertiary/aromatic N) is 2. The van der Waals surface area contributed by atoms with Crippen molar-refractivity contribution in [3.63, 3.8) is 0 Å². The first-order chi connectivity index (χ1) is 9.20. The molecular formula is C15H16FN3. The van der Waals surface area contributed by atoms with Crippen molar-refractivity contribution in [2.75, 3.05) is 11.9 Å². The molecule has 1 saturated carbocycles. The predicted octanol–water partition coefficient (Wildman–Crippen LogP) is 3.07. The number of halogens is 1. The van der Waals surface area contributed by atoms with Crippen LogP contribution < -0.4 is 5.32 Å². The minimum absolute atomic E-state index is 0.0726. The molecule has 1 aromatic heterocycles. The summed E-state index contributed by atoms with van der Waals surface area (Å²) >= 11 is 0. The fourth-order valence-electron chi connectivity index (χ4n) is 2.39. The Labute approximate surface area is 111 Å². The van der Waals surface area contributed by atoms with Crippen molar-refractivity contribution in [1.29, 1.82) is 0 Å². The molecule has 3 rings (SSSR count). The van der Waals surface area contributed by atoms with Gasteiger partial charge in [-0.05, 0) is 31.4 Å². The summed E-state index contributed by atoms with van der Waals surface area (Å²) in [5.41, 5.74) is 1.61. The highest BCUT2D eigenvalue weighted by Gasteiger charge is 2.45. The van der Waals surface area contributed by atoms with E-state index in [0.29, 0.717) is 6.54 Å². The molecule has 1 aromatic carbocycles. The third kappa shape index (κ3) is 2.43. The van der Waals surface area contributed by atoms with E-state index in [0.717, 1.165) is 29.9 Å². The van der Waals surface area contributed by atoms with Crippen molar-refractivity contribution < 1.29 is 4.39 Å². The van der Waals surface area contributed by atoms with Crippen LogP contribution in [0.15, 0.2) is 36.7 Å². The van der Waals surface area contributed by atoms with E-state index in [-0.39, 0.29) is 11.2 Å². The van der Waals surface area contributed by atoms with Gasteiger partial charge in [-0.1, -0.05) is 18.2 Å². The maximum Gasteiger partial charge on any atom is 0.144 e. The van der Waals surface area contributed by atoms with Crippen LogP contribution in [-0.2, 0) is 5.41 Å². The molecule has 1 fully saturated rings. The van der Waals surface area contributed by atoms with Crippen LogP contribution in [0, 0.1) is 12.7 Å². The molecule has 1 aliphatic rings. The molecule has 1 heterocycles. The van der Waals surface area contributed by atoms with Gasteiger partial charge in [-0.3, -0.25) is 4.98 Å². The monoisotopic (exact) mass is 257 g/mol. The van der Waals surface area contributed by atoms with Crippen molar-refractivity contribution in [2.24, 2.45) is 0 Å². The van der Waals surface area contributed by atoms with Gasteiger partial charge in [0, 0.05) is 18.2 Å². The van der Waals surface area contributed by atoms with Crippen LogP contribution in [0.2, 0.25) is 0 Å². The average molecular weight is 257 g/mol. The number of hydrogen-bond donors (Lipinski definition) is 1. The van der Waals surface area contributed by atoms with E-state index in [2.05, 4.69) is 15.3 Å². The lowest BCUT2D eigenvalue weighted by Gasteiger charge is -2.17. The fraction of sp³-hybridized carbons (Fsp3) is 0.333. The summed E-state index contributed by atoms with van der Waals surface area (Å²) in [4.78, 5) is 8.45. The molecule has 1 aliphatic carbocycles. The summed E-state index contributed by atoms with van der Waals surface area (Å²) in [6.07, 6.45) is 5.44. The van der Waals surface area contributed by atoms with Gasteiger partial charge in [0.1, 0.15) is 11.6 Å². The Morgan fingerprint density at radius 3 is 2.74 bits per heavy atom. The molecule has 0 saturated heterocycles. The Morgan fingerprint density at radius 1 is 1.26 bits per heavy atom. The summed E-state index contributed by atoms with van der Waals surface area (Å²) in [5, 5.41) is 3.27. The van der Waals surface area contributed by atoms with Gasteiger partial charge in [-0.2, -0.15) is 0 Å². The van der Waals surface area contributed by atoms with Crippen LogP contribution in [-0.4, -0.2) is 16.5 Å². The number of nitrogens with one attached hydrogen (secondary N) is 1. The highest BCUT2D eigenvalue weighted by Crippen LogP contribution is 2.48. The highest BCUT2D eigenvalue weighted by molar-refractivity contribution is 5.39. The van der Waals surface area contributed by atoms with Crippen LogP contribution >= 0.6 is 0 Å². The van der Waals surface area contributed by atoms with Gasteiger partial charge in [-0.15, -0.1) is 0 Å². The maximum atomic E-state index is 13.9. The molecular weight excluding hydrogens is 241 g/mol. The van der Waals surface area contributed by atoms with E-state index in [1.165, 1.54) is 6.07 Å². The zero-order chi connectivity index (χ0) is 13.3. The minimum Gasteiger partial charge on any atom is -0.368 e. The first-order valence-electron chi connectivity index (χ1n) is 6.47. The van der Waals surface area contributed by atoms with Crippen molar-refractivity contribution in [1.82, 2.24) is 9.97 Å². The van der Waals surface area contributed by atoms with Crippen molar-refractivity contribution >= 4 is 5.82 Å². The van der Waals surface area contributed by atoms with Gasteiger partial charge in [0.25, 0.3) is 0 Å². The number of aromatic nitrogens is 2. The van der Waals surface area contributed by atoms with E-state index >= 15 is 0 Å². The molecule has 19 heavy (non-hydrogen) atoms. The molecule has 0 atom stereocenters. The molecule has 2 aromatic rings. The lowest BCUT2D eigenvalue weighted by molar-refractivity contribution is 0.578. The molecule has 98 valence electrons. The molecule has 3 nitrogen and oxygen atoms in total. The number of rotatable bonds is 4. The average Bonchev–Trinajstić information content (AvgIpc) is 3.18. The second kappa shape index (κ2) is 4.61. The molecule has 1 N–H and O–H groups in total. The number of aryl methyl sites for hydroxylation is 1. The first-order valence-corrected chi connectivity index (χ1v) is 6.47. The van der Waals surface area contributed by atoms with Gasteiger partial charge in [0.15, 0.2) is 0 Å². The third-order valence-electron chi connectivity index (χ3n) is 3.66. The molecule has 0 aliphatic heterocycles. The second-order valence-electron chi connectivity index (χ2n) is 5.16. The van der Waals surface area contributed by atoms with E-state index in [1.54, 1.807) is 18.5 Å². The molecule has 0 bridgehead atoms. The number of hydrogen-bond acceptors (Lipinski definition) is 3. The lowest BCUT2D eigenvalue weighted by Crippen LogP contribution is -2.21. The van der Waals surface area contributed by atoms with E-state index in [1.807, 2.05) is 19.1 Å². The van der Waals surface area contributed by atoms with Gasteiger partial charge in [0.2, 0.25) is 0 Å². The van der Waals surface area contributed by atoms with Gasteiger partial charge >= 0.3 is 0 Å². The van der Waals surface area contributed by atoms with E-state index in [4.69, 9.17) is 0 Å². The summed E-state index contributed by atoms with van der Waals surface area (Å²) in [7, 11) is 0. The highest BCUT2D eigenvalue weighted by atomic mass is 19.1. The van der Waals surface area contributed by atoms with E-state index in [9.17, 15) is 4.39 Å². The quantitative estimate of drug-likeness (QED) is 0.914. The summed E-state index contributed by atoms with van der Waals surface area (Å²) in [6.45, 7) is 2.61. The van der Waals surface area contributed by atoms with Crippen LogP contribution in [0.5, 0.6) is 0 Å². The largest absolute Gasteiger partial charge is 0.368 e. The molecule has 0 spiro atoms. The Kier molecular flexibility index (Phi) is 2.93. The Morgan fingerprint density at radius 2 is 2.05 bits per heavy atom. The van der Waals surface area contributed by atoms with Crippen LogP contribution in [0.4, 0.5) is 10.2 Å². The fourth-order valence-corrected chi connectivity index (χ4v) is 2.39. The minimum atomic E-state index is -0.114. The summed E-state index contributed by atoms with van der Waals surface area (Å²) in [5.74, 6) is 0.639. The SMILES string of the molecule is Cc1cncc(NCC2(c3ccccc3F)CC2)n1. The number of anilines is 1. The Balaban J connectivity index is 1.75. The normalized spacial score (nSPS) is 16.1. The molecule has 4 heteroatoms. The summed E-state index contributed by atoms with van der Waals surface area (Å²) in [6, 6.07) is 7.03. The van der Waals surface area contributed by atoms with Crippen LogP contribution in [0.3, 0.4) is 0 Å². The van der Waals surface area contributed by atoms with Gasteiger partial charge in [-0.25, -0.2) is 9.37 Å². The van der Waals surface area contributed by atoms with E-state index < -0.39 is 0 Å².